The molecule has 0 spiro atoms. The lowest BCUT2D eigenvalue weighted by Crippen LogP contribution is -2.47. The Labute approximate surface area is 119 Å². The molecule has 0 N–H and O–H groups in total. The van der Waals surface area contributed by atoms with Crippen LogP contribution in [0.5, 0.6) is 0 Å². The zero-order valence-electron chi connectivity index (χ0n) is 11.5. The fourth-order valence-corrected chi connectivity index (χ4v) is 3.52. The first-order valence-corrected chi connectivity index (χ1v) is 8.25. The van der Waals surface area contributed by atoms with E-state index >= 15 is 0 Å². The van der Waals surface area contributed by atoms with Crippen LogP contribution in [0.15, 0.2) is 16.8 Å². The number of urea groups is 1. The molecule has 1 atom stereocenters. The number of hydrogen-bond donors (Lipinski definition) is 0. The normalized spacial score (nSPS) is 23.4. The van der Waals surface area contributed by atoms with Gasteiger partial charge in [-0.3, -0.25) is 0 Å². The van der Waals surface area contributed by atoms with E-state index < -0.39 is 0 Å². The Hall–Kier alpha value is -1.03. The first-order valence-electron chi connectivity index (χ1n) is 7.30. The van der Waals surface area contributed by atoms with Crippen molar-refractivity contribution >= 4 is 17.4 Å². The minimum Gasteiger partial charge on any atom is -0.324 e. The average molecular weight is 278 g/mol. The molecule has 1 unspecified atom stereocenters. The predicted octanol–water partition coefficient (Wildman–Crippen LogP) is 3.56. The van der Waals surface area contributed by atoms with E-state index in [-0.39, 0.29) is 6.03 Å². The van der Waals surface area contributed by atoms with Gasteiger partial charge >= 0.3 is 6.03 Å². The molecule has 1 aromatic rings. The third kappa shape index (κ3) is 3.11. The highest BCUT2D eigenvalue weighted by atomic mass is 32.1. The maximum Gasteiger partial charge on any atom is 0.320 e. The van der Waals surface area contributed by atoms with Crippen LogP contribution in [0.2, 0.25) is 0 Å². The van der Waals surface area contributed by atoms with Crippen LogP contribution >= 0.6 is 11.3 Å². The lowest BCUT2D eigenvalue weighted by Gasteiger charge is -2.35. The molecular formula is C15H22N2OS. The summed E-state index contributed by atoms with van der Waals surface area (Å²) < 4.78 is 0. The van der Waals surface area contributed by atoms with Crippen molar-refractivity contribution in [1.29, 1.82) is 0 Å². The summed E-state index contributed by atoms with van der Waals surface area (Å²) in [5, 5.41) is 4.25. The van der Waals surface area contributed by atoms with E-state index in [0.29, 0.717) is 12.0 Å². The van der Waals surface area contributed by atoms with E-state index in [1.807, 2.05) is 0 Å². The third-order valence-electron chi connectivity index (χ3n) is 4.09. The van der Waals surface area contributed by atoms with E-state index in [1.54, 1.807) is 11.3 Å². The third-order valence-corrected chi connectivity index (χ3v) is 4.83. The van der Waals surface area contributed by atoms with E-state index in [2.05, 4.69) is 33.6 Å². The van der Waals surface area contributed by atoms with Gasteiger partial charge in [0, 0.05) is 25.7 Å². The van der Waals surface area contributed by atoms with E-state index in [0.717, 1.165) is 26.1 Å². The van der Waals surface area contributed by atoms with E-state index in [9.17, 15) is 4.79 Å². The van der Waals surface area contributed by atoms with Crippen molar-refractivity contribution in [3.8, 4) is 0 Å². The van der Waals surface area contributed by atoms with Crippen LogP contribution in [-0.2, 0) is 6.54 Å². The Morgan fingerprint density at radius 3 is 2.95 bits per heavy atom. The quantitative estimate of drug-likeness (QED) is 0.829. The molecule has 1 saturated heterocycles. The molecule has 3 nitrogen and oxygen atoms in total. The number of rotatable bonds is 3. The molecule has 1 aliphatic carbocycles. The van der Waals surface area contributed by atoms with Gasteiger partial charge in [0.05, 0.1) is 0 Å². The number of carbonyl (C=O) groups is 1. The van der Waals surface area contributed by atoms with Crippen molar-refractivity contribution in [3.63, 3.8) is 0 Å². The molecule has 2 amide bonds. The van der Waals surface area contributed by atoms with E-state index in [4.69, 9.17) is 0 Å². The molecule has 2 fully saturated rings. The molecule has 0 bridgehead atoms. The topological polar surface area (TPSA) is 23.6 Å². The minimum atomic E-state index is 0.264. The minimum absolute atomic E-state index is 0.264. The Balaban J connectivity index is 1.67. The SMILES string of the molecule is CC1CCCN(C(=O)N(Cc2ccsc2)C2CC2)C1. The Morgan fingerprint density at radius 1 is 1.47 bits per heavy atom. The summed E-state index contributed by atoms with van der Waals surface area (Å²) in [5.41, 5.74) is 1.27. The van der Waals surface area contributed by atoms with E-state index in [1.165, 1.54) is 24.8 Å². The number of thiophene rings is 1. The van der Waals surface area contributed by atoms with Crippen LogP contribution < -0.4 is 0 Å². The molecule has 3 rings (SSSR count). The van der Waals surface area contributed by atoms with Crippen molar-refractivity contribution in [1.82, 2.24) is 9.80 Å². The molecule has 104 valence electrons. The molecule has 0 aromatic carbocycles. The number of piperidine rings is 1. The molecule has 2 aliphatic rings. The second-order valence-electron chi connectivity index (χ2n) is 5.97. The highest BCUT2D eigenvalue weighted by Gasteiger charge is 2.35. The lowest BCUT2D eigenvalue weighted by atomic mass is 10.0. The summed E-state index contributed by atoms with van der Waals surface area (Å²) in [6.07, 6.45) is 4.78. The molecular weight excluding hydrogens is 256 g/mol. The van der Waals surface area contributed by atoms with Gasteiger partial charge in [0.15, 0.2) is 0 Å². The maximum absolute atomic E-state index is 12.7. The average Bonchev–Trinajstić information content (AvgIpc) is 3.12. The summed E-state index contributed by atoms with van der Waals surface area (Å²) in [7, 11) is 0. The van der Waals surface area contributed by atoms with Crippen LogP contribution in [0.1, 0.15) is 38.2 Å². The van der Waals surface area contributed by atoms with Gasteiger partial charge in [0.1, 0.15) is 0 Å². The van der Waals surface area contributed by atoms with Gasteiger partial charge in [-0.2, -0.15) is 11.3 Å². The van der Waals surface area contributed by atoms with Crippen LogP contribution in [0.25, 0.3) is 0 Å². The molecule has 1 aromatic heterocycles. The van der Waals surface area contributed by atoms with Gasteiger partial charge in [-0.25, -0.2) is 4.79 Å². The van der Waals surface area contributed by atoms with Crippen molar-refractivity contribution in [2.75, 3.05) is 13.1 Å². The summed E-state index contributed by atoms with van der Waals surface area (Å²) in [6.45, 7) is 4.92. The molecule has 19 heavy (non-hydrogen) atoms. The molecule has 1 aliphatic heterocycles. The summed E-state index contributed by atoms with van der Waals surface area (Å²) in [4.78, 5) is 16.9. The summed E-state index contributed by atoms with van der Waals surface area (Å²) in [6, 6.07) is 2.89. The number of hydrogen-bond acceptors (Lipinski definition) is 2. The largest absolute Gasteiger partial charge is 0.324 e. The van der Waals surface area contributed by atoms with Gasteiger partial charge in [0.2, 0.25) is 0 Å². The molecule has 4 heteroatoms. The van der Waals surface area contributed by atoms with Crippen molar-refractivity contribution in [2.45, 2.75) is 45.2 Å². The Morgan fingerprint density at radius 2 is 2.32 bits per heavy atom. The second-order valence-corrected chi connectivity index (χ2v) is 6.75. The first-order chi connectivity index (χ1) is 9.24. The number of carbonyl (C=O) groups excluding carboxylic acids is 1. The Kier molecular flexibility index (Phi) is 3.78. The van der Waals surface area contributed by atoms with Crippen molar-refractivity contribution in [3.05, 3.63) is 22.4 Å². The zero-order valence-corrected chi connectivity index (χ0v) is 12.4. The number of likely N-dealkylation sites (tertiary alicyclic amines) is 1. The Bertz CT molecular complexity index is 427. The van der Waals surface area contributed by atoms with Gasteiger partial charge in [-0.05, 0) is 54.0 Å². The number of nitrogens with zero attached hydrogens (tertiary/aromatic N) is 2. The highest BCUT2D eigenvalue weighted by Crippen LogP contribution is 2.30. The van der Waals surface area contributed by atoms with Crippen molar-refractivity contribution in [2.24, 2.45) is 5.92 Å². The van der Waals surface area contributed by atoms with Gasteiger partial charge in [-0.1, -0.05) is 6.92 Å². The van der Waals surface area contributed by atoms with Crippen LogP contribution in [0, 0.1) is 5.92 Å². The second kappa shape index (κ2) is 5.53. The molecule has 1 saturated carbocycles. The summed E-state index contributed by atoms with van der Waals surface area (Å²) in [5.74, 6) is 0.653. The standard InChI is InChI=1S/C15H22N2OS/c1-12-3-2-7-16(9-12)15(18)17(14-4-5-14)10-13-6-8-19-11-13/h6,8,11-12,14H,2-5,7,9-10H2,1H3. The van der Waals surface area contributed by atoms with Crippen LogP contribution in [0.3, 0.4) is 0 Å². The number of amides is 2. The fraction of sp³-hybridized carbons (Fsp3) is 0.667. The van der Waals surface area contributed by atoms with Gasteiger partial charge in [-0.15, -0.1) is 0 Å². The highest BCUT2D eigenvalue weighted by molar-refractivity contribution is 7.07. The predicted molar refractivity (Wildman–Crippen MR) is 78.3 cm³/mol. The smallest absolute Gasteiger partial charge is 0.320 e. The summed E-state index contributed by atoms with van der Waals surface area (Å²) >= 11 is 1.71. The first kappa shape index (κ1) is 13.0. The van der Waals surface area contributed by atoms with Crippen LogP contribution in [-0.4, -0.2) is 35.0 Å². The fourth-order valence-electron chi connectivity index (χ4n) is 2.86. The monoisotopic (exact) mass is 278 g/mol. The van der Waals surface area contributed by atoms with Gasteiger partial charge in [0.25, 0.3) is 0 Å². The van der Waals surface area contributed by atoms with Crippen molar-refractivity contribution < 1.29 is 4.79 Å². The molecule has 2 heterocycles. The van der Waals surface area contributed by atoms with Gasteiger partial charge < -0.3 is 9.80 Å². The molecule has 0 radical (unpaired) electrons. The zero-order chi connectivity index (χ0) is 13.2. The lowest BCUT2D eigenvalue weighted by molar-refractivity contribution is 0.126. The maximum atomic E-state index is 12.7. The van der Waals surface area contributed by atoms with Crippen LogP contribution in [0.4, 0.5) is 4.79 Å².